The van der Waals surface area contributed by atoms with Crippen molar-refractivity contribution in [1.82, 2.24) is 9.55 Å². The van der Waals surface area contributed by atoms with Gasteiger partial charge in [-0.15, -0.1) is 0 Å². The fourth-order valence-corrected chi connectivity index (χ4v) is 3.33. The van der Waals surface area contributed by atoms with E-state index in [2.05, 4.69) is 4.98 Å². The van der Waals surface area contributed by atoms with Crippen LogP contribution in [0.2, 0.25) is 0 Å². The van der Waals surface area contributed by atoms with Gasteiger partial charge < -0.3 is 9.47 Å². The molecule has 0 amide bonds. The molecule has 3 aromatic rings. The third kappa shape index (κ3) is 4.48. The van der Waals surface area contributed by atoms with Crippen molar-refractivity contribution in [2.75, 3.05) is 13.4 Å². The minimum atomic E-state index is -0.600. The van der Waals surface area contributed by atoms with Crippen LogP contribution in [0.15, 0.2) is 53.8 Å². The molecule has 0 spiro atoms. The van der Waals surface area contributed by atoms with Crippen LogP contribution in [0, 0.1) is 5.82 Å². The number of rotatable bonds is 7. The van der Waals surface area contributed by atoms with E-state index in [4.69, 9.17) is 9.47 Å². The predicted molar refractivity (Wildman–Crippen MR) is 107 cm³/mol. The zero-order valence-corrected chi connectivity index (χ0v) is 17.0. The summed E-state index contributed by atoms with van der Waals surface area (Å²) in [5.74, 6) is -0.558. The number of halogens is 1. The van der Waals surface area contributed by atoms with Crippen LogP contribution in [0.4, 0.5) is 4.39 Å². The molecule has 29 heavy (non-hydrogen) atoms. The molecule has 150 valence electrons. The summed E-state index contributed by atoms with van der Waals surface area (Å²) in [4.78, 5) is 28.6. The van der Waals surface area contributed by atoms with E-state index in [1.165, 1.54) is 44.1 Å². The third-order valence-electron chi connectivity index (χ3n) is 4.25. The van der Waals surface area contributed by atoms with Crippen molar-refractivity contribution in [3.63, 3.8) is 0 Å². The molecule has 0 N–H and O–H groups in total. The number of carbonyl (C=O) groups is 2. The molecule has 0 atom stereocenters. The second-order valence-electron chi connectivity index (χ2n) is 6.10. The first-order valence-corrected chi connectivity index (χ1v) is 9.89. The summed E-state index contributed by atoms with van der Waals surface area (Å²) in [6, 6.07) is 10.7. The molecular formula is C21H19FN2O4S. The SMILES string of the molecule is COc1ccc(C(C)=O)cc1COC(=O)c1cnc(SC)n1-c1ccc(F)cc1. The van der Waals surface area contributed by atoms with Gasteiger partial charge in [-0.2, -0.15) is 0 Å². The highest BCUT2D eigenvalue weighted by molar-refractivity contribution is 7.98. The fourth-order valence-electron chi connectivity index (χ4n) is 2.79. The van der Waals surface area contributed by atoms with Crippen LogP contribution in [-0.2, 0) is 11.3 Å². The first-order chi connectivity index (χ1) is 13.9. The molecule has 1 heterocycles. The van der Waals surface area contributed by atoms with Gasteiger partial charge in [0.2, 0.25) is 0 Å². The summed E-state index contributed by atoms with van der Waals surface area (Å²) in [6.45, 7) is 1.38. The third-order valence-corrected chi connectivity index (χ3v) is 4.90. The van der Waals surface area contributed by atoms with E-state index >= 15 is 0 Å². The van der Waals surface area contributed by atoms with Gasteiger partial charge in [0.1, 0.15) is 18.2 Å². The number of aromatic nitrogens is 2. The van der Waals surface area contributed by atoms with Crippen molar-refractivity contribution in [3.8, 4) is 11.4 Å². The van der Waals surface area contributed by atoms with Gasteiger partial charge in [0.05, 0.1) is 13.3 Å². The lowest BCUT2D eigenvalue weighted by atomic mass is 10.1. The molecule has 2 aromatic carbocycles. The summed E-state index contributed by atoms with van der Waals surface area (Å²) >= 11 is 1.35. The maximum absolute atomic E-state index is 13.3. The minimum absolute atomic E-state index is 0.0771. The molecule has 0 saturated carbocycles. The van der Waals surface area contributed by atoms with Crippen molar-refractivity contribution < 1.29 is 23.5 Å². The Morgan fingerprint density at radius 1 is 1.17 bits per heavy atom. The molecule has 0 aliphatic heterocycles. The predicted octanol–water partition coefficient (Wildman–Crippen LogP) is 4.30. The van der Waals surface area contributed by atoms with E-state index in [-0.39, 0.29) is 23.9 Å². The van der Waals surface area contributed by atoms with Crippen molar-refractivity contribution >= 4 is 23.5 Å². The number of hydrogen-bond acceptors (Lipinski definition) is 6. The van der Waals surface area contributed by atoms with Crippen LogP contribution in [-0.4, -0.2) is 34.7 Å². The number of imidazole rings is 1. The quantitative estimate of drug-likeness (QED) is 0.326. The fraction of sp³-hybridized carbons (Fsp3) is 0.190. The Bertz CT molecular complexity index is 1050. The highest BCUT2D eigenvalue weighted by Crippen LogP contribution is 2.24. The summed E-state index contributed by atoms with van der Waals surface area (Å²) in [5.41, 5.74) is 1.88. The van der Waals surface area contributed by atoms with Crippen LogP contribution in [0.25, 0.3) is 5.69 Å². The highest BCUT2D eigenvalue weighted by atomic mass is 32.2. The number of thioether (sulfide) groups is 1. The lowest BCUT2D eigenvalue weighted by Gasteiger charge is -2.13. The molecule has 3 rings (SSSR count). The molecule has 0 fully saturated rings. The van der Waals surface area contributed by atoms with E-state index in [1.807, 2.05) is 6.26 Å². The number of hydrogen-bond donors (Lipinski definition) is 0. The van der Waals surface area contributed by atoms with Gasteiger partial charge in [-0.3, -0.25) is 9.36 Å². The summed E-state index contributed by atoms with van der Waals surface area (Å²) in [6.07, 6.45) is 3.25. The Morgan fingerprint density at radius 2 is 1.90 bits per heavy atom. The largest absolute Gasteiger partial charge is 0.496 e. The molecule has 0 radical (unpaired) electrons. The molecule has 6 nitrogen and oxygen atoms in total. The minimum Gasteiger partial charge on any atom is -0.496 e. The first kappa shape index (κ1) is 20.6. The number of Topliss-reactive ketones (excluding diaryl/α,β-unsaturated/α-hetero) is 1. The second kappa shape index (κ2) is 8.91. The van der Waals surface area contributed by atoms with Gasteiger partial charge >= 0.3 is 5.97 Å². The zero-order chi connectivity index (χ0) is 21.0. The van der Waals surface area contributed by atoms with Crippen molar-refractivity contribution in [2.45, 2.75) is 18.7 Å². The average molecular weight is 414 g/mol. The average Bonchev–Trinajstić information content (AvgIpc) is 3.16. The second-order valence-corrected chi connectivity index (χ2v) is 6.87. The topological polar surface area (TPSA) is 70.4 Å². The monoisotopic (exact) mass is 414 g/mol. The molecule has 0 unspecified atom stereocenters. The van der Waals surface area contributed by atoms with E-state index in [9.17, 15) is 14.0 Å². The molecule has 1 aromatic heterocycles. The maximum Gasteiger partial charge on any atom is 0.357 e. The Morgan fingerprint density at radius 3 is 2.52 bits per heavy atom. The van der Waals surface area contributed by atoms with Crippen molar-refractivity contribution in [3.05, 3.63) is 71.3 Å². The van der Waals surface area contributed by atoms with Gasteiger partial charge in [-0.05, 0) is 55.6 Å². The number of nitrogens with zero attached hydrogens (tertiary/aromatic N) is 2. The summed E-state index contributed by atoms with van der Waals surface area (Å²) < 4.78 is 25.6. The number of benzene rings is 2. The maximum atomic E-state index is 13.3. The smallest absolute Gasteiger partial charge is 0.357 e. The van der Waals surface area contributed by atoms with Gasteiger partial charge in [-0.25, -0.2) is 14.2 Å². The van der Waals surface area contributed by atoms with Crippen LogP contribution >= 0.6 is 11.8 Å². The Hall–Kier alpha value is -3.13. The van der Waals surface area contributed by atoms with Gasteiger partial charge in [-0.1, -0.05) is 11.8 Å². The molecule has 0 bridgehead atoms. The molecule has 0 saturated heterocycles. The van der Waals surface area contributed by atoms with E-state index in [0.717, 1.165) is 0 Å². The number of ether oxygens (including phenoxy) is 2. The van der Waals surface area contributed by atoms with Gasteiger partial charge in [0.15, 0.2) is 16.6 Å². The normalized spacial score (nSPS) is 10.6. The lowest BCUT2D eigenvalue weighted by molar-refractivity contribution is 0.0460. The van der Waals surface area contributed by atoms with E-state index < -0.39 is 5.97 Å². The van der Waals surface area contributed by atoms with Crippen LogP contribution in [0.1, 0.15) is 33.3 Å². The molecule has 0 aliphatic rings. The van der Waals surface area contributed by atoms with Crippen molar-refractivity contribution in [1.29, 1.82) is 0 Å². The zero-order valence-electron chi connectivity index (χ0n) is 16.1. The standard InChI is InChI=1S/C21H19FN2O4S/c1-13(25)14-4-9-19(27-2)15(10-14)12-28-20(26)18-11-23-21(29-3)24(18)17-7-5-16(22)6-8-17/h4-11H,12H2,1-3H3. The van der Waals surface area contributed by atoms with Crippen LogP contribution in [0.5, 0.6) is 5.75 Å². The number of ketones is 1. The number of methoxy groups -OCH3 is 1. The first-order valence-electron chi connectivity index (χ1n) is 8.67. The summed E-state index contributed by atoms with van der Waals surface area (Å²) in [5, 5.41) is 0.569. The van der Waals surface area contributed by atoms with E-state index in [1.54, 1.807) is 34.9 Å². The molecular weight excluding hydrogens is 395 g/mol. The highest BCUT2D eigenvalue weighted by Gasteiger charge is 2.20. The Kier molecular flexibility index (Phi) is 6.33. The number of esters is 1. The molecule has 8 heteroatoms. The van der Waals surface area contributed by atoms with Crippen LogP contribution in [0.3, 0.4) is 0 Å². The van der Waals surface area contributed by atoms with Crippen molar-refractivity contribution in [2.24, 2.45) is 0 Å². The van der Waals surface area contributed by atoms with Crippen LogP contribution < -0.4 is 4.74 Å². The summed E-state index contributed by atoms with van der Waals surface area (Å²) in [7, 11) is 1.50. The Labute approximate surface area is 171 Å². The van der Waals surface area contributed by atoms with Gasteiger partial charge in [0, 0.05) is 16.8 Å². The number of carbonyl (C=O) groups excluding carboxylic acids is 2. The van der Waals surface area contributed by atoms with E-state index in [0.29, 0.717) is 27.7 Å². The molecule has 0 aliphatic carbocycles. The lowest BCUT2D eigenvalue weighted by Crippen LogP contribution is -2.12. The van der Waals surface area contributed by atoms with Gasteiger partial charge in [0.25, 0.3) is 0 Å². The Balaban J connectivity index is 1.87.